The van der Waals surface area contributed by atoms with Crippen molar-refractivity contribution in [2.45, 2.75) is 12.6 Å². The molecule has 0 radical (unpaired) electrons. The molecule has 0 amide bonds. The molecule has 3 rings (SSSR count). The van der Waals surface area contributed by atoms with Crippen LogP contribution in [0.25, 0.3) is 0 Å². The van der Waals surface area contributed by atoms with E-state index in [0.29, 0.717) is 18.0 Å². The highest BCUT2D eigenvalue weighted by molar-refractivity contribution is 7.32. The van der Waals surface area contributed by atoms with Gasteiger partial charge in [-0.05, 0) is 36.2 Å². The van der Waals surface area contributed by atoms with Crippen LogP contribution in [0.1, 0.15) is 17.4 Å². The topological polar surface area (TPSA) is 68.2 Å². The molecule has 0 aromatic heterocycles. The zero-order chi connectivity index (χ0) is 17.1. The Morgan fingerprint density at radius 2 is 1.79 bits per heavy atom. The van der Waals surface area contributed by atoms with Crippen molar-refractivity contribution in [2.24, 2.45) is 0 Å². The van der Waals surface area contributed by atoms with Gasteiger partial charge in [0.05, 0.1) is 14.2 Å². The molecule has 128 valence electrons. The molecule has 24 heavy (non-hydrogen) atoms. The lowest BCUT2D eigenvalue weighted by Crippen LogP contribution is -2.36. The molecule has 0 saturated carbocycles. The summed E-state index contributed by atoms with van der Waals surface area (Å²) < 4.78 is 27.5. The summed E-state index contributed by atoms with van der Waals surface area (Å²) in [5, 5.41) is 0. The van der Waals surface area contributed by atoms with Gasteiger partial charge in [-0.25, -0.2) is 0 Å². The first-order valence-electron chi connectivity index (χ1n) is 7.60. The molecule has 0 spiro atoms. The van der Waals surface area contributed by atoms with Crippen molar-refractivity contribution in [3.05, 3.63) is 53.6 Å². The molecule has 0 aliphatic carbocycles. The van der Waals surface area contributed by atoms with Crippen molar-refractivity contribution in [3.8, 4) is 11.5 Å². The summed E-state index contributed by atoms with van der Waals surface area (Å²) in [5.41, 5.74) is 2.77. The van der Waals surface area contributed by atoms with Gasteiger partial charge in [-0.15, -0.1) is 0 Å². The molecule has 0 fully saturated rings. The Morgan fingerprint density at radius 3 is 2.42 bits per heavy atom. The Balaban J connectivity index is 2.07. The Labute approximate surface area is 141 Å². The van der Waals surface area contributed by atoms with E-state index in [1.54, 1.807) is 14.2 Å². The van der Waals surface area contributed by atoms with Crippen LogP contribution in [0.15, 0.2) is 42.5 Å². The summed E-state index contributed by atoms with van der Waals surface area (Å²) in [4.78, 5) is 11.3. The van der Waals surface area contributed by atoms with Crippen LogP contribution < -0.4 is 14.4 Å². The zero-order valence-corrected chi connectivity index (χ0v) is 14.6. The summed E-state index contributed by atoms with van der Waals surface area (Å²) in [5.74, 6) is 1.21. The Hall–Kier alpha value is -2.01. The fourth-order valence-corrected chi connectivity index (χ4v) is 3.46. The smallest absolute Gasteiger partial charge is 0.318 e. The second-order valence-electron chi connectivity index (χ2n) is 5.42. The number of methoxy groups -OCH3 is 2. The Morgan fingerprint density at radius 1 is 1.12 bits per heavy atom. The van der Waals surface area contributed by atoms with E-state index in [1.807, 2.05) is 47.4 Å². The van der Waals surface area contributed by atoms with Gasteiger partial charge in [0.1, 0.15) is 0 Å². The summed E-state index contributed by atoms with van der Waals surface area (Å²) in [6, 6.07) is 13.4. The summed E-state index contributed by atoms with van der Waals surface area (Å²) in [7, 11) is 0.0363. The molecule has 2 aromatic rings. The first-order valence-corrected chi connectivity index (χ1v) is 8.86. The SMILES string of the molecule is COc1cc2c(cc1OC)[C@H](O[PH](=O)O)N(c1ccccc1)CC2. The maximum atomic E-state index is 11.4. The molecular weight excluding hydrogens is 329 g/mol. The number of nitrogens with zero attached hydrogens (tertiary/aromatic N) is 1. The maximum absolute atomic E-state index is 11.4. The first kappa shape index (κ1) is 16.8. The number of benzene rings is 2. The predicted molar refractivity (Wildman–Crippen MR) is 92.1 cm³/mol. The lowest BCUT2D eigenvalue weighted by molar-refractivity contribution is 0.178. The van der Waals surface area contributed by atoms with E-state index in [1.165, 1.54) is 0 Å². The van der Waals surface area contributed by atoms with Crippen LogP contribution in [0.2, 0.25) is 0 Å². The van der Waals surface area contributed by atoms with Gasteiger partial charge >= 0.3 is 8.25 Å². The van der Waals surface area contributed by atoms with Crippen LogP contribution in [0.3, 0.4) is 0 Å². The van der Waals surface area contributed by atoms with Crippen LogP contribution in [0, 0.1) is 0 Å². The van der Waals surface area contributed by atoms with Gasteiger partial charge in [0.25, 0.3) is 0 Å². The Bertz CT molecular complexity index is 737. The van der Waals surface area contributed by atoms with Crippen molar-refractivity contribution < 1.29 is 23.5 Å². The average Bonchev–Trinajstić information content (AvgIpc) is 2.61. The third-order valence-electron chi connectivity index (χ3n) is 4.12. The molecule has 7 heteroatoms. The fraction of sp³-hybridized carbons (Fsp3) is 0.294. The molecule has 1 aliphatic rings. The van der Waals surface area contributed by atoms with Crippen LogP contribution in [0.5, 0.6) is 11.5 Å². The Kier molecular flexibility index (Phi) is 5.09. The number of hydrogen-bond acceptors (Lipinski definition) is 5. The molecule has 6 nitrogen and oxygen atoms in total. The third kappa shape index (κ3) is 3.26. The van der Waals surface area contributed by atoms with Crippen molar-refractivity contribution >= 4 is 13.9 Å². The quantitative estimate of drug-likeness (QED) is 0.837. The average molecular weight is 349 g/mol. The van der Waals surface area contributed by atoms with Crippen LogP contribution in [0.4, 0.5) is 5.69 Å². The van der Waals surface area contributed by atoms with Crippen LogP contribution in [-0.4, -0.2) is 25.7 Å². The molecule has 1 unspecified atom stereocenters. The van der Waals surface area contributed by atoms with E-state index in [0.717, 1.165) is 23.2 Å². The highest BCUT2D eigenvalue weighted by Crippen LogP contribution is 2.43. The number of para-hydroxylation sites is 1. The van der Waals surface area contributed by atoms with Gasteiger partial charge in [-0.2, -0.15) is 0 Å². The molecule has 1 N–H and O–H groups in total. The standard InChI is InChI=1S/C17H20NO5P/c1-21-15-10-12-8-9-18(13-6-4-3-5-7-13)17(23-24(19)20)14(12)11-16(15)22-2/h3-7,10-11,17,24H,8-9H2,1-2H3,(H,19,20)/t17-/m0/s1. The van der Waals surface area contributed by atoms with Crippen molar-refractivity contribution in [2.75, 3.05) is 25.7 Å². The predicted octanol–water partition coefficient (Wildman–Crippen LogP) is 3.16. The number of fused-ring (bicyclic) bond motifs is 1. The van der Waals surface area contributed by atoms with Gasteiger partial charge in [0, 0.05) is 17.8 Å². The number of anilines is 1. The lowest BCUT2D eigenvalue weighted by atomic mass is 9.96. The van der Waals surface area contributed by atoms with Gasteiger partial charge in [0.15, 0.2) is 17.7 Å². The number of rotatable bonds is 5. The van der Waals surface area contributed by atoms with Crippen LogP contribution >= 0.6 is 8.25 Å². The van der Waals surface area contributed by atoms with E-state index in [2.05, 4.69) is 0 Å². The van der Waals surface area contributed by atoms with Crippen molar-refractivity contribution in [1.29, 1.82) is 0 Å². The van der Waals surface area contributed by atoms with E-state index >= 15 is 0 Å². The highest BCUT2D eigenvalue weighted by Gasteiger charge is 2.31. The van der Waals surface area contributed by atoms with Gasteiger partial charge in [0.2, 0.25) is 0 Å². The number of ether oxygens (including phenoxy) is 2. The molecule has 0 saturated heterocycles. The zero-order valence-electron chi connectivity index (χ0n) is 13.6. The summed E-state index contributed by atoms with van der Waals surface area (Å²) in [6.07, 6.45) is 0.129. The van der Waals surface area contributed by atoms with Crippen molar-refractivity contribution in [3.63, 3.8) is 0 Å². The minimum absolute atomic E-state index is 0.567. The van der Waals surface area contributed by atoms with E-state index in [9.17, 15) is 9.46 Å². The van der Waals surface area contributed by atoms with E-state index < -0.39 is 14.5 Å². The maximum Gasteiger partial charge on any atom is 0.318 e. The summed E-state index contributed by atoms with van der Waals surface area (Å²) in [6.45, 7) is 0.673. The molecule has 0 bridgehead atoms. The lowest BCUT2D eigenvalue weighted by Gasteiger charge is -2.38. The fourth-order valence-electron chi connectivity index (χ4n) is 3.02. The molecule has 2 aromatic carbocycles. The molecule has 1 aliphatic heterocycles. The first-order chi connectivity index (χ1) is 11.6. The molecule has 2 atom stereocenters. The summed E-state index contributed by atoms with van der Waals surface area (Å²) >= 11 is 0. The minimum atomic E-state index is -3.11. The minimum Gasteiger partial charge on any atom is -0.493 e. The van der Waals surface area contributed by atoms with Gasteiger partial charge in [-0.1, -0.05) is 18.2 Å². The van der Waals surface area contributed by atoms with E-state index in [4.69, 9.17) is 14.0 Å². The highest BCUT2D eigenvalue weighted by atomic mass is 31.1. The molecular formula is C17H20NO5P. The monoisotopic (exact) mass is 349 g/mol. The second-order valence-corrected chi connectivity index (χ2v) is 6.19. The third-order valence-corrected chi connectivity index (χ3v) is 4.54. The largest absolute Gasteiger partial charge is 0.493 e. The van der Waals surface area contributed by atoms with Gasteiger partial charge < -0.3 is 19.3 Å². The normalized spacial score (nSPS) is 18.0. The van der Waals surface area contributed by atoms with E-state index in [-0.39, 0.29) is 0 Å². The molecule has 1 heterocycles. The number of hydrogen-bond donors (Lipinski definition) is 1. The van der Waals surface area contributed by atoms with Crippen LogP contribution in [-0.2, 0) is 15.5 Å². The van der Waals surface area contributed by atoms with Crippen molar-refractivity contribution in [1.82, 2.24) is 0 Å². The van der Waals surface area contributed by atoms with Gasteiger partial charge in [-0.3, -0.25) is 9.09 Å². The second kappa shape index (κ2) is 7.26.